The highest BCUT2D eigenvalue weighted by Gasteiger charge is 2.17. The second-order valence-electron chi connectivity index (χ2n) is 4.42. The molecule has 0 saturated carbocycles. The van der Waals surface area contributed by atoms with Crippen LogP contribution in [0.3, 0.4) is 0 Å². The summed E-state index contributed by atoms with van der Waals surface area (Å²) in [5.41, 5.74) is 0. The predicted molar refractivity (Wildman–Crippen MR) is 70.9 cm³/mol. The van der Waals surface area contributed by atoms with E-state index in [9.17, 15) is 13.2 Å². The van der Waals surface area contributed by atoms with E-state index < -0.39 is 15.9 Å². The zero-order valence-electron chi connectivity index (χ0n) is 10.3. The van der Waals surface area contributed by atoms with Gasteiger partial charge in [-0.3, -0.25) is 4.79 Å². The van der Waals surface area contributed by atoms with E-state index in [2.05, 4.69) is 0 Å². The lowest BCUT2D eigenvalue weighted by atomic mass is 10.1. The molecule has 1 rings (SSSR count). The first kappa shape index (κ1) is 15.0. The summed E-state index contributed by atoms with van der Waals surface area (Å²) in [4.78, 5) is 11.5. The Labute approximate surface area is 112 Å². The normalized spacial score (nSPS) is 11.6. The molecule has 6 heteroatoms. The largest absolute Gasteiger partial charge is 0.274 e. The van der Waals surface area contributed by atoms with E-state index in [1.165, 1.54) is 18.2 Å². The van der Waals surface area contributed by atoms with Gasteiger partial charge in [0.2, 0.25) is 5.91 Å². The summed E-state index contributed by atoms with van der Waals surface area (Å²) >= 11 is 5.71. The molecule has 1 amide bonds. The Morgan fingerprint density at radius 2 is 2.06 bits per heavy atom. The van der Waals surface area contributed by atoms with Crippen molar-refractivity contribution in [3.8, 4) is 0 Å². The number of carbonyl (C=O) groups excluding carboxylic acids is 1. The molecule has 4 nitrogen and oxygen atoms in total. The zero-order chi connectivity index (χ0) is 13.8. The molecular weight excluding hydrogens is 274 g/mol. The van der Waals surface area contributed by atoms with Crippen LogP contribution in [-0.4, -0.2) is 14.3 Å². The molecule has 0 atom stereocenters. The van der Waals surface area contributed by atoms with Crippen LogP contribution in [0.2, 0.25) is 5.02 Å². The lowest BCUT2D eigenvalue weighted by molar-refractivity contribution is -0.119. The standard InChI is InChI=1S/C12H16ClNO3S/c1-9(2)6-7-12(15)14-18(16,17)11-5-3-4-10(13)8-11/h3-5,8-9H,6-7H2,1-2H3,(H,14,15). The van der Waals surface area contributed by atoms with Crippen LogP contribution >= 0.6 is 11.6 Å². The van der Waals surface area contributed by atoms with Gasteiger partial charge in [-0.25, -0.2) is 13.1 Å². The topological polar surface area (TPSA) is 63.2 Å². The summed E-state index contributed by atoms with van der Waals surface area (Å²) in [7, 11) is -3.81. The van der Waals surface area contributed by atoms with Crippen molar-refractivity contribution in [2.24, 2.45) is 5.92 Å². The minimum Gasteiger partial charge on any atom is -0.274 e. The molecule has 1 aromatic carbocycles. The van der Waals surface area contributed by atoms with Crippen molar-refractivity contribution >= 4 is 27.5 Å². The average Bonchev–Trinajstić information content (AvgIpc) is 2.26. The monoisotopic (exact) mass is 289 g/mol. The summed E-state index contributed by atoms with van der Waals surface area (Å²) in [6, 6.07) is 5.79. The molecule has 0 aliphatic rings. The van der Waals surface area contributed by atoms with Gasteiger partial charge in [0.15, 0.2) is 0 Å². The van der Waals surface area contributed by atoms with E-state index >= 15 is 0 Å². The SMILES string of the molecule is CC(C)CCC(=O)NS(=O)(=O)c1cccc(Cl)c1. The second-order valence-corrected chi connectivity index (χ2v) is 6.54. The smallest absolute Gasteiger partial charge is 0.264 e. The molecule has 0 fully saturated rings. The summed E-state index contributed by atoms with van der Waals surface area (Å²) in [6.45, 7) is 3.94. The van der Waals surface area contributed by atoms with Crippen LogP contribution < -0.4 is 4.72 Å². The van der Waals surface area contributed by atoms with Crippen molar-refractivity contribution in [1.29, 1.82) is 0 Å². The number of amides is 1. The van der Waals surface area contributed by atoms with Gasteiger partial charge in [-0.1, -0.05) is 31.5 Å². The maximum absolute atomic E-state index is 11.8. The molecule has 0 aliphatic heterocycles. The third kappa shape index (κ3) is 4.66. The van der Waals surface area contributed by atoms with E-state index in [-0.39, 0.29) is 11.3 Å². The van der Waals surface area contributed by atoms with E-state index in [1.54, 1.807) is 6.07 Å². The molecule has 0 heterocycles. The number of rotatable bonds is 5. The Morgan fingerprint density at radius 1 is 1.39 bits per heavy atom. The molecule has 0 radical (unpaired) electrons. The Hall–Kier alpha value is -1.07. The Balaban J connectivity index is 2.74. The molecule has 0 unspecified atom stereocenters. The number of nitrogens with one attached hydrogen (secondary N) is 1. The van der Waals surface area contributed by atoms with Gasteiger partial charge in [0, 0.05) is 11.4 Å². The van der Waals surface area contributed by atoms with Crippen molar-refractivity contribution in [3.63, 3.8) is 0 Å². The first-order valence-corrected chi connectivity index (χ1v) is 7.48. The minimum absolute atomic E-state index is 0.00658. The van der Waals surface area contributed by atoms with Crippen molar-refractivity contribution in [3.05, 3.63) is 29.3 Å². The van der Waals surface area contributed by atoms with Gasteiger partial charge in [-0.2, -0.15) is 0 Å². The molecule has 1 aromatic rings. The highest BCUT2D eigenvalue weighted by molar-refractivity contribution is 7.90. The van der Waals surface area contributed by atoms with E-state index in [4.69, 9.17) is 11.6 Å². The third-order valence-electron chi connectivity index (χ3n) is 2.30. The molecule has 18 heavy (non-hydrogen) atoms. The number of benzene rings is 1. The maximum atomic E-state index is 11.8. The van der Waals surface area contributed by atoms with E-state index in [0.29, 0.717) is 17.4 Å². The molecule has 0 spiro atoms. The lowest BCUT2D eigenvalue weighted by Crippen LogP contribution is -2.30. The fraction of sp³-hybridized carbons (Fsp3) is 0.417. The molecule has 0 bridgehead atoms. The Bertz CT molecular complexity index is 526. The minimum atomic E-state index is -3.81. The lowest BCUT2D eigenvalue weighted by Gasteiger charge is -2.08. The van der Waals surface area contributed by atoms with Gasteiger partial charge in [-0.05, 0) is 30.5 Å². The predicted octanol–water partition coefficient (Wildman–Crippen LogP) is 2.58. The van der Waals surface area contributed by atoms with E-state index in [0.717, 1.165) is 0 Å². The highest BCUT2D eigenvalue weighted by atomic mass is 35.5. The quantitative estimate of drug-likeness (QED) is 0.906. The summed E-state index contributed by atoms with van der Waals surface area (Å²) < 4.78 is 25.7. The molecular formula is C12H16ClNO3S. The van der Waals surface area contributed by atoms with Crippen LogP contribution in [0.1, 0.15) is 26.7 Å². The number of sulfonamides is 1. The van der Waals surface area contributed by atoms with Crippen molar-refractivity contribution < 1.29 is 13.2 Å². The fourth-order valence-electron chi connectivity index (χ4n) is 1.31. The first-order chi connectivity index (χ1) is 8.31. The van der Waals surface area contributed by atoms with Crippen LogP contribution in [0.15, 0.2) is 29.2 Å². The van der Waals surface area contributed by atoms with Crippen molar-refractivity contribution in [2.75, 3.05) is 0 Å². The van der Waals surface area contributed by atoms with Gasteiger partial charge in [-0.15, -0.1) is 0 Å². The Kier molecular flexibility index (Phi) is 5.16. The van der Waals surface area contributed by atoms with Gasteiger partial charge in [0.25, 0.3) is 10.0 Å². The molecule has 0 aliphatic carbocycles. The highest BCUT2D eigenvalue weighted by Crippen LogP contribution is 2.15. The van der Waals surface area contributed by atoms with Gasteiger partial charge in [0.05, 0.1) is 4.90 Å². The van der Waals surface area contributed by atoms with Crippen LogP contribution in [0, 0.1) is 5.92 Å². The maximum Gasteiger partial charge on any atom is 0.264 e. The summed E-state index contributed by atoms with van der Waals surface area (Å²) in [5, 5.41) is 0.313. The first-order valence-electron chi connectivity index (χ1n) is 5.62. The molecule has 0 aromatic heterocycles. The molecule has 0 saturated heterocycles. The molecule has 100 valence electrons. The fourth-order valence-corrected chi connectivity index (χ4v) is 2.63. The van der Waals surface area contributed by atoms with Crippen molar-refractivity contribution in [2.45, 2.75) is 31.6 Å². The molecule has 1 N–H and O–H groups in total. The number of hydrogen-bond donors (Lipinski definition) is 1. The summed E-state index contributed by atoms with van der Waals surface area (Å²) in [5.74, 6) is -0.145. The average molecular weight is 290 g/mol. The second kappa shape index (κ2) is 6.20. The van der Waals surface area contributed by atoms with E-state index in [1.807, 2.05) is 18.6 Å². The third-order valence-corrected chi connectivity index (χ3v) is 3.91. The number of carbonyl (C=O) groups is 1. The van der Waals surface area contributed by atoms with Crippen LogP contribution in [-0.2, 0) is 14.8 Å². The van der Waals surface area contributed by atoms with Gasteiger partial charge in [0.1, 0.15) is 0 Å². The van der Waals surface area contributed by atoms with Crippen LogP contribution in [0.4, 0.5) is 0 Å². The van der Waals surface area contributed by atoms with Gasteiger partial charge >= 0.3 is 0 Å². The number of halogens is 1. The van der Waals surface area contributed by atoms with Gasteiger partial charge < -0.3 is 0 Å². The zero-order valence-corrected chi connectivity index (χ0v) is 11.9. The number of hydrogen-bond acceptors (Lipinski definition) is 3. The van der Waals surface area contributed by atoms with Crippen LogP contribution in [0.5, 0.6) is 0 Å². The van der Waals surface area contributed by atoms with Crippen LogP contribution in [0.25, 0.3) is 0 Å². The Morgan fingerprint density at radius 3 is 2.61 bits per heavy atom. The van der Waals surface area contributed by atoms with Crippen molar-refractivity contribution in [1.82, 2.24) is 4.72 Å². The summed E-state index contributed by atoms with van der Waals surface area (Å²) in [6.07, 6.45) is 0.842.